The zero-order chi connectivity index (χ0) is 25.4. The minimum Gasteiger partial charge on any atom is -0.349 e. The van der Waals surface area contributed by atoms with Gasteiger partial charge in [-0.05, 0) is 49.8 Å². The maximum Gasteiger partial charge on any atom is 0.425 e. The molecule has 0 spiro atoms. The van der Waals surface area contributed by atoms with E-state index in [1.165, 1.54) is 12.4 Å². The SMILES string of the molecule is CC(C)Cc1nc2cnc(-c3ncn[nH]3)cc2n1[C@@H]1CCC[C@H](NC(=O)c2ccc(C(F)(F)F)s2)C1. The van der Waals surface area contributed by atoms with E-state index in [-0.39, 0.29) is 17.0 Å². The van der Waals surface area contributed by atoms with Crippen molar-refractivity contribution in [1.82, 2.24) is 35.0 Å². The molecule has 1 aliphatic carbocycles. The minimum atomic E-state index is -4.45. The number of amides is 1. The number of H-pyrrole nitrogens is 1. The number of halogens is 3. The Balaban J connectivity index is 1.41. The molecular formula is C24H26F3N7OS. The predicted molar refractivity (Wildman–Crippen MR) is 130 cm³/mol. The lowest BCUT2D eigenvalue weighted by atomic mass is 9.90. The van der Waals surface area contributed by atoms with Crippen LogP contribution >= 0.6 is 11.3 Å². The summed E-state index contributed by atoms with van der Waals surface area (Å²) < 4.78 is 41.1. The van der Waals surface area contributed by atoms with Crippen LogP contribution in [0.15, 0.2) is 30.7 Å². The molecule has 8 nitrogen and oxygen atoms in total. The first-order valence-corrected chi connectivity index (χ1v) is 12.7. The first-order chi connectivity index (χ1) is 17.2. The number of imidazole rings is 1. The molecule has 1 saturated carbocycles. The van der Waals surface area contributed by atoms with Gasteiger partial charge in [-0.25, -0.2) is 9.97 Å². The standard InChI is InChI=1S/C24H26F3N7OS/c1-13(2)8-21-32-17-11-28-16(22-29-12-30-33-22)10-18(17)34(21)15-5-3-4-14(9-15)31-23(35)19-6-7-20(36-19)24(25,26)27/h6-7,10-15H,3-5,8-9H2,1-2H3,(H,31,35)(H,29,30,33)/t14-,15+/m0/s1. The van der Waals surface area contributed by atoms with Gasteiger partial charge in [0.15, 0.2) is 5.82 Å². The van der Waals surface area contributed by atoms with Gasteiger partial charge in [0, 0.05) is 18.5 Å². The van der Waals surface area contributed by atoms with Gasteiger partial charge in [0.05, 0.1) is 16.6 Å². The third-order valence-corrected chi connectivity index (χ3v) is 7.48. The van der Waals surface area contributed by atoms with Crippen LogP contribution in [0.1, 0.15) is 65.9 Å². The average molecular weight is 518 g/mol. The number of thiophene rings is 1. The summed E-state index contributed by atoms with van der Waals surface area (Å²) in [4.78, 5) is 25.6. The van der Waals surface area contributed by atoms with E-state index in [9.17, 15) is 18.0 Å². The third kappa shape index (κ3) is 4.99. The predicted octanol–water partition coefficient (Wildman–Crippen LogP) is 5.41. The second-order valence-corrected chi connectivity index (χ2v) is 10.6. The van der Waals surface area contributed by atoms with Gasteiger partial charge in [-0.1, -0.05) is 13.8 Å². The molecule has 2 N–H and O–H groups in total. The van der Waals surface area contributed by atoms with Crippen LogP contribution < -0.4 is 5.32 Å². The van der Waals surface area contributed by atoms with Crippen molar-refractivity contribution < 1.29 is 18.0 Å². The molecule has 0 aromatic carbocycles. The van der Waals surface area contributed by atoms with Crippen molar-refractivity contribution in [1.29, 1.82) is 0 Å². The minimum absolute atomic E-state index is 0.0702. The molecule has 0 radical (unpaired) electrons. The number of alkyl halides is 3. The summed E-state index contributed by atoms with van der Waals surface area (Å²) in [7, 11) is 0. The quantitative estimate of drug-likeness (QED) is 0.356. The zero-order valence-corrected chi connectivity index (χ0v) is 20.7. The Kier molecular flexibility index (Phi) is 6.54. The second-order valence-electron chi connectivity index (χ2n) is 9.54. The molecule has 1 fully saturated rings. The number of aromatic amines is 1. The van der Waals surface area contributed by atoms with E-state index in [0.29, 0.717) is 35.2 Å². The summed E-state index contributed by atoms with van der Waals surface area (Å²) in [5.41, 5.74) is 2.39. The van der Waals surface area contributed by atoms with E-state index >= 15 is 0 Å². The van der Waals surface area contributed by atoms with E-state index in [1.807, 2.05) is 6.07 Å². The van der Waals surface area contributed by atoms with Crippen LogP contribution in [0, 0.1) is 5.92 Å². The normalized spacial score (nSPS) is 18.7. The van der Waals surface area contributed by atoms with Crippen molar-refractivity contribution in [3.8, 4) is 11.5 Å². The summed E-state index contributed by atoms with van der Waals surface area (Å²) in [6.07, 6.45) is 2.75. The molecule has 1 aliphatic rings. The summed E-state index contributed by atoms with van der Waals surface area (Å²) in [5, 5.41) is 9.72. The molecule has 36 heavy (non-hydrogen) atoms. The van der Waals surface area contributed by atoms with Crippen molar-refractivity contribution in [2.75, 3.05) is 0 Å². The zero-order valence-electron chi connectivity index (χ0n) is 19.8. The molecule has 12 heteroatoms. The van der Waals surface area contributed by atoms with Gasteiger partial charge in [-0.2, -0.15) is 18.3 Å². The van der Waals surface area contributed by atoms with Gasteiger partial charge in [-0.15, -0.1) is 11.3 Å². The number of fused-ring (bicyclic) bond motifs is 1. The fraction of sp³-hybridized carbons (Fsp3) is 0.458. The van der Waals surface area contributed by atoms with Crippen molar-refractivity contribution in [3.63, 3.8) is 0 Å². The Morgan fingerprint density at radius 3 is 2.81 bits per heavy atom. The van der Waals surface area contributed by atoms with Gasteiger partial charge in [0.2, 0.25) is 0 Å². The van der Waals surface area contributed by atoms with Gasteiger partial charge in [-0.3, -0.25) is 14.9 Å². The molecule has 2 atom stereocenters. The molecular weight excluding hydrogens is 491 g/mol. The van der Waals surface area contributed by atoms with Crippen molar-refractivity contribution >= 4 is 28.3 Å². The molecule has 190 valence electrons. The molecule has 4 aromatic rings. The second kappa shape index (κ2) is 9.64. The highest BCUT2D eigenvalue weighted by Gasteiger charge is 2.34. The number of hydrogen-bond donors (Lipinski definition) is 2. The molecule has 0 saturated heterocycles. The Bertz CT molecular complexity index is 1360. The third-order valence-electron chi connectivity index (χ3n) is 6.35. The number of nitrogens with zero attached hydrogens (tertiary/aromatic N) is 5. The van der Waals surface area contributed by atoms with Crippen LogP contribution in [0.2, 0.25) is 0 Å². The van der Waals surface area contributed by atoms with Crippen LogP contribution in [-0.2, 0) is 12.6 Å². The highest BCUT2D eigenvalue weighted by molar-refractivity contribution is 7.14. The fourth-order valence-corrected chi connectivity index (χ4v) is 5.60. The number of hydrogen-bond acceptors (Lipinski definition) is 6. The first-order valence-electron chi connectivity index (χ1n) is 11.9. The Morgan fingerprint density at radius 1 is 1.28 bits per heavy atom. The van der Waals surface area contributed by atoms with E-state index in [1.54, 1.807) is 6.20 Å². The van der Waals surface area contributed by atoms with Gasteiger partial charge >= 0.3 is 6.18 Å². The van der Waals surface area contributed by atoms with Crippen molar-refractivity contribution in [3.05, 3.63) is 46.3 Å². The maximum atomic E-state index is 13.0. The lowest BCUT2D eigenvalue weighted by Gasteiger charge is -2.32. The van der Waals surface area contributed by atoms with Gasteiger partial charge in [0.1, 0.15) is 28.2 Å². The Labute approximate surface area is 209 Å². The average Bonchev–Trinajstić information content (AvgIpc) is 3.57. The summed E-state index contributed by atoms with van der Waals surface area (Å²) in [6.45, 7) is 4.28. The largest absolute Gasteiger partial charge is 0.425 e. The van der Waals surface area contributed by atoms with Crippen molar-refractivity contribution in [2.24, 2.45) is 5.92 Å². The van der Waals surface area contributed by atoms with E-state index in [0.717, 1.165) is 48.6 Å². The number of carbonyl (C=O) groups is 1. The molecule has 4 heterocycles. The highest BCUT2D eigenvalue weighted by atomic mass is 32.1. The lowest BCUT2D eigenvalue weighted by Crippen LogP contribution is -2.38. The van der Waals surface area contributed by atoms with E-state index in [2.05, 4.69) is 43.9 Å². The lowest BCUT2D eigenvalue weighted by molar-refractivity contribution is -0.134. The summed E-state index contributed by atoms with van der Waals surface area (Å²) in [5.74, 6) is 1.46. The maximum absolute atomic E-state index is 13.0. The summed E-state index contributed by atoms with van der Waals surface area (Å²) >= 11 is 0.473. The Hall–Kier alpha value is -3.28. The van der Waals surface area contributed by atoms with Crippen molar-refractivity contribution in [2.45, 2.75) is 64.2 Å². The van der Waals surface area contributed by atoms with Crippen LogP contribution in [0.3, 0.4) is 0 Å². The molecule has 0 aliphatic heterocycles. The molecule has 4 aromatic heterocycles. The Morgan fingerprint density at radius 2 is 2.11 bits per heavy atom. The topological polar surface area (TPSA) is 101 Å². The van der Waals surface area contributed by atoms with Crippen LogP contribution in [-0.4, -0.2) is 41.7 Å². The van der Waals surface area contributed by atoms with Crippen LogP contribution in [0.25, 0.3) is 22.6 Å². The fourth-order valence-electron chi connectivity index (χ4n) is 4.82. The first kappa shape index (κ1) is 24.4. The molecule has 5 rings (SSSR count). The van der Waals surface area contributed by atoms with Crippen LogP contribution in [0.4, 0.5) is 13.2 Å². The number of carbonyl (C=O) groups excluding carboxylic acids is 1. The molecule has 1 amide bonds. The number of aromatic nitrogens is 6. The summed E-state index contributed by atoms with van der Waals surface area (Å²) in [6, 6.07) is 4.10. The number of pyridine rings is 1. The van der Waals surface area contributed by atoms with E-state index in [4.69, 9.17) is 4.98 Å². The number of nitrogens with one attached hydrogen (secondary N) is 2. The van der Waals surface area contributed by atoms with Gasteiger partial charge < -0.3 is 9.88 Å². The molecule has 0 unspecified atom stereocenters. The highest BCUT2D eigenvalue weighted by Crippen LogP contribution is 2.36. The van der Waals surface area contributed by atoms with E-state index < -0.39 is 17.0 Å². The monoisotopic (exact) mass is 517 g/mol. The van der Waals surface area contributed by atoms with Crippen LogP contribution in [0.5, 0.6) is 0 Å². The number of rotatable bonds is 6. The molecule has 0 bridgehead atoms. The smallest absolute Gasteiger partial charge is 0.349 e. The van der Waals surface area contributed by atoms with Gasteiger partial charge in [0.25, 0.3) is 5.91 Å².